The van der Waals surface area contributed by atoms with E-state index in [4.69, 9.17) is 0 Å². The molecule has 1 N–H and O–H groups in total. The number of nitriles is 1. The van der Waals surface area contributed by atoms with E-state index in [1.165, 1.54) is 0 Å². The van der Waals surface area contributed by atoms with Gasteiger partial charge in [0.15, 0.2) is 0 Å². The van der Waals surface area contributed by atoms with Gasteiger partial charge < -0.3 is 10.0 Å². The van der Waals surface area contributed by atoms with Crippen LogP contribution in [0, 0.1) is 16.7 Å². The van der Waals surface area contributed by atoms with Gasteiger partial charge in [-0.1, -0.05) is 19.3 Å². The lowest BCUT2D eigenvalue weighted by atomic mass is 9.74. The number of hydrogen-bond donors (Lipinski definition) is 1. The minimum atomic E-state index is -0.789. The molecule has 1 aliphatic carbocycles. The molecular weight excluding hydrogens is 204 g/mol. The van der Waals surface area contributed by atoms with Crippen molar-refractivity contribution in [2.75, 3.05) is 13.1 Å². The molecule has 0 aromatic rings. The van der Waals surface area contributed by atoms with Gasteiger partial charge in [-0.25, -0.2) is 0 Å². The van der Waals surface area contributed by atoms with E-state index in [1.807, 2.05) is 0 Å². The lowest BCUT2D eigenvalue weighted by Crippen LogP contribution is -2.43. The van der Waals surface area contributed by atoms with Gasteiger partial charge in [0.2, 0.25) is 5.91 Å². The molecular formula is C12H18N2O2. The van der Waals surface area contributed by atoms with E-state index in [0.29, 0.717) is 32.4 Å². The molecule has 2 fully saturated rings. The summed E-state index contributed by atoms with van der Waals surface area (Å²) in [4.78, 5) is 14.0. The van der Waals surface area contributed by atoms with E-state index in [-0.39, 0.29) is 5.91 Å². The Bertz CT molecular complexity index is 315. The molecule has 0 aromatic heterocycles. The molecule has 4 heteroatoms. The van der Waals surface area contributed by atoms with Crippen LogP contribution < -0.4 is 0 Å². The summed E-state index contributed by atoms with van der Waals surface area (Å²) in [7, 11) is 0. The third kappa shape index (κ3) is 1.92. The van der Waals surface area contributed by atoms with Crippen molar-refractivity contribution < 1.29 is 9.90 Å². The minimum Gasteiger partial charge on any atom is -0.391 e. The van der Waals surface area contributed by atoms with Crippen molar-refractivity contribution in [2.45, 2.75) is 44.6 Å². The van der Waals surface area contributed by atoms with Crippen molar-refractivity contribution in [3.63, 3.8) is 0 Å². The maximum Gasteiger partial charge on any atom is 0.243 e. The molecule has 1 unspecified atom stereocenters. The predicted octanol–water partition coefficient (Wildman–Crippen LogP) is 1.05. The minimum absolute atomic E-state index is 0.0498. The number of carbonyl (C=O) groups excluding carboxylic acids is 1. The fraction of sp³-hybridized carbons (Fsp3) is 0.833. The van der Waals surface area contributed by atoms with Gasteiger partial charge >= 0.3 is 0 Å². The highest BCUT2D eigenvalue weighted by Gasteiger charge is 2.43. The molecule has 16 heavy (non-hydrogen) atoms. The molecule has 1 heterocycles. The number of likely N-dealkylation sites (tertiary alicyclic amines) is 1. The Labute approximate surface area is 95.9 Å². The van der Waals surface area contributed by atoms with Crippen molar-refractivity contribution in [3.8, 4) is 6.07 Å². The summed E-state index contributed by atoms with van der Waals surface area (Å²) in [5, 5.41) is 18.7. The van der Waals surface area contributed by atoms with Gasteiger partial charge in [0.05, 0.1) is 12.2 Å². The average Bonchev–Trinajstić information content (AvgIpc) is 2.76. The number of aliphatic hydroxyl groups excluding tert-OH is 1. The first kappa shape index (κ1) is 11.4. The zero-order valence-electron chi connectivity index (χ0n) is 9.48. The van der Waals surface area contributed by atoms with E-state index in [9.17, 15) is 15.2 Å². The normalized spacial score (nSPS) is 28.8. The topological polar surface area (TPSA) is 64.3 Å². The summed E-state index contributed by atoms with van der Waals surface area (Å²) >= 11 is 0. The smallest absolute Gasteiger partial charge is 0.243 e. The second kappa shape index (κ2) is 4.42. The van der Waals surface area contributed by atoms with Gasteiger partial charge in [0, 0.05) is 13.1 Å². The summed E-state index contributed by atoms with van der Waals surface area (Å²) in [5.74, 6) is -0.0498. The zero-order valence-corrected chi connectivity index (χ0v) is 9.48. The lowest BCUT2D eigenvalue weighted by Gasteiger charge is -2.32. The fourth-order valence-corrected chi connectivity index (χ4v) is 2.76. The van der Waals surface area contributed by atoms with Crippen LogP contribution in [0.2, 0.25) is 0 Å². The van der Waals surface area contributed by atoms with Gasteiger partial charge in [-0.3, -0.25) is 4.79 Å². The summed E-state index contributed by atoms with van der Waals surface area (Å²) in [5.41, 5.74) is -0.789. The van der Waals surface area contributed by atoms with E-state index in [0.717, 1.165) is 19.3 Å². The molecule has 4 nitrogen and oxygen atoms in total. The van der Waals surface area contributed by atoms with Crippen LogP contribution >= 0.6 is 0 Å². The fourth-order valence-electron chi connectivity index (χ4n) is 2.76. The average molecular weight is 222 g/mol. The van der Waals surface area contributed by atoms with Crippen LogP contribution in [0.3, 0.4) is 0 Å². The summed E-state index contributed by atoms with van der Waals surface area (Å²) < 4.78 is 0. The Hall–Kier alpha value is -1.08. The van der Waals surface area contributed by atoms with Crippen molar-refractivity contribution in [1.29, 1.82) is 5.26 Å². The van der Waals surface area contributed by atoms with Crippen LogP contribution in [-0.2, 0) is 4.79 Å². The number of β-amino-alcohol motifs (C(OH)–C–C–N with tert-alkyl or cyclic N) is 1. The third-order valence-electron chi connectivity index (χ3n) is 3.78. The molecule has 1 saturated carbocycles. The first-order valence-electron chi connectivity index (χ1n) is 6.07. The van der Waals surface area contributed by atoms with E-state index >= 15 is 0 Å². The maximum absolute atomic E-state index is 12.3. The number of hydrogen-bond acceptors (Lipinski definition) is 3. The number of carbonyl (C=O) groups is 1. The molecule has 0 radical (unpaired) electrons. The molecule has 1 aliphatic heterocycles. The number of amides is 1. The molecule has 2 aliphatic rings. The van der Waals surface area contributed by atoms with Crippen molar-refractivity contribution >= 4 is 5.91 Å². The molecule has 88 valence electrons. The van der Waals surface area contributed by atoms with Crippen molar-refractivity contribution in [1.82, 2.24) is 4.90 Å². The van der Waals surface area contributed by atoms with Gasteiger partial charge in [-0.05, 0) is 19.3 Å². The summed E-state index contributed by atoms with van der Waals surface area (Å²) in [6, 6.07) is 2.24. The molecule has 0 spiro atoms. The quantitative estimate of drug-likeness (QED) is 0.721. The SMILES string of the molecule is N#CC1(C(=O)N2CCC(O)C2)CCCCC1. The number of nitrogens with zero attached hydrogens (tertiary/aromatic N) is 2. The van der Waals surface area contributed by atoms with Crippen molar-refractivity contribution in [2.24, 2.45) is 5.41 Å². The molecule has 1 saturated heterocycles. The highest BCUT2D eigenvalue weighted by molar-refractivity contribution is 5.85. The molecule has 0 bridgehead atoms. The van der Waals surface area contributed by atoms with E-state index < -0.39 is 11.5 Å². The molecule has 1 amide bonds. The Balaban J connectivity index is 2.09. The van der Waals surface area contributed by atoms with Crippen molar-refractivity contribution in [3.05, 3.63) is 0 Å². The molecule has 1 atom stereocenters. The van der Waals surface area contributed by atoms with Crippen LogP contribution in [0.25, 0.3) is 0 Å². The maximum atomic E-state index is 12.3. The van der Waals surface area contributed by atoms with Crippen LogP contribution in [0.1, 0.15) is 38.5 Å². The van der Waals surface area contributed by atoms with Crippen LogP contribution in [-0.4, -0.2) is 35.1 Å². The Morgan fingerprint density at radius 1 is 1.38 bits per heavy atom. The first-order valence-corrected chi connectivity index (χ1v) is 6.07. The van der Waals surface area contributed by atoms with Gasteiger partial charge in [0.25, 0.3) is 0 Å². The second-order valence-electron chi connectivity index (χ2n) is 4.95. The van der Waals surface area contributed by atoms with Crippen LogP contribution in [0.15, 0.2) is 0 Å². The second-order valence-corrected chi connectivity index (χ2v) is 4.95. The highest BCUT2D eigenvalue weighted by Crippen LogP contribution is 2.38. The Morgan fingerprint density at radius 3 is 2.56 bits per heavy atom. The standard InChI is InChI=1S/C12H18N2O2/c13-9-12(5-2-1-3-6-12)11(16)14-7-4-10(15)8-14/h10,15H,1-8H2. The van der Waals surface area contributed by atoms with Crippen LogP contribution in [0.5, 0.6) is 0 Å². The van der Waals surface area contributed by atoms with E-state index in [1.54, 1.807) is 4.90 Å². The van der Waals surface area contributed by atoms with Crippen LogP contribution in [0.4, 0.5) is 0 Å². The Morgan fingerprint density at radius 2 is 2.06 bits per heavy atom. The highest BCUT2D eigenvalue weighted by atomic mass is 16.3. The predicted molar refractivity (Wildman–Crippen MR) is 58.3 cm³/mol. The molecule has 2 rings (SSSR count). The number of aliphatic hydroxyl groups is 1. The van der Waals surface area contributed by atoms with Gasteiger partial charge in [-0.2, -0.15) is 5.26 Å². The third-order valence-corrected chi connectivity index (χ3v) is 3.78. The zero-order chi connectivity index (χ0) is 11.6. The lowest BCUT2D eigenvalue weighted by molar-refractivity contribution is -0.139. The van der Waals surface area contributed by atoms with Gasteiger partial charge in [-0.15, -0.1) is 0 Å². The monoisotopic (exact) mass is 222 g/mol. The first-order chi connectivity index (χ1) is 7.68. The molecule has 0 aromatic carbocycles. The number of rotatable bonds is 1. The summed E-state index contributed by atoms with van der Waals surface area (Å²) in [6.07, 6.45) is 4.69. The van der Waals surface area contributed by atoms with Gasteiger partial charge in [0.1, 0.15) is 5.41 Å². The largest absolute Gasteiger partial charge is 0.391 e. The summed E-state index contributed by atoms with van der Waals surface area (Å²) in [6.45, 7) is 1.01. The Kier molecular flexibility index (Phi) is 3.15. The van der Waals surface area contributed by atoms with E-state index in [2.05, 4.69) is 6.07 Å².